The van der Waals surface area contributed by atoms with Crippen LogP contribution < -0.4 is 10.2 Å². The molecule has 2 amide bonds. The average Bonchev–Trinajstić information content (AvgIpc) is 3.01. The van der Waals surface area contributed by atoms with E-state index in [0.29, 0.717) is 17.4 Å². The first-order chi connectivity index (χ1) is 11.6. The number of carbonyl (C=O) groups excluding carboxylic acids is 1. The molecule has 120 valence electrons. The fourth-order valence-corrected chi connectivity index (χ4v) is 2.92. The monoisotopic (exact) mass is 339 g/mol. The van der Waals surface area contributed by atoms with E-state index in [0.717, 1.165) is 22.5 Å². The topological polar surface area (TPSA) is 63.1 Å². The minimum absolute atomic E-state index is 0.220. The van der Waals surface area contributed by atoms with Crippen LogP contribution in [0, 0.1) is 0 Å². The first-order valence-electron chi connectivity index (χ1n) is 7.44. The predicted molar refractivity (Wildman–Crippen MR) is 93.1 cm³/mol. The number of amides is 2. The van der Waals surface area contributed by atoms with Gasteiger partial charge in [-0.1, -0.05) is 23.7 Å². The lowest BCUT2D eigenvalue weighted by molar-refractivity contribution is 0.256. The molecule has 1 aliphatic heterocycles. The van der Waals surface area contributed by atoms with Crippen molar-refractivity contribution in [3.63, 3.8) is 0 Å². The Bertz CT molecular complexity index is 919. The van der Waals surface area contributed by atoms with Gasteiger partial charge in [0.1, 0.15) is 5.82 Å². The number of hydrogen-bond acceptors (Lipinski definition) is 3. The number of halogens is 1. The maximum atomic E-state index is 12.3. The van der Waals surface area contributed by atoms with Crippen LogP contribution in [0.4, 0.5) is 16.3 Å². The van der Waals surface area contributed by atoms with E-state index in [9.17, 15) is 4.79 Å². The standard InChI is InChI=1S/C17H14ClN5O/c1-22-9-7-15(21-22)11-2-4-12(5-3-11)23-10-13-14(18)6-8-19-16(13)20-17(23)24/h2-9H,10H2,1H3,(H,19,20,24). The van der Waals surface area contributed by atoms with Crippen LogP contribution in [0.15, 0.2) is 48.8 Å². The van der Waals surface area contributed by atoms with Crippen LogP contribution in [0.5, 0.6) is 0 Å². The summed E-state index contributed by atoms with van der Waals surface area (Å²) in [4.78, 5) is 18.1. The summed E-state index contributed by atoms with van der Waals surface area (Å²) in [6.07, 6.45) is 3.48. The van der Waals surface area contributed by atoms with Gasteiger partial charge in [-0.15, -0.1) is 0 Å². The molecule has 0 aliphatic carbocycles. The Morgan fingerprint density at radius 1 is 1.17 bits per heavy atom. The van der Waals surface area contributed by atoms with Gasteiger partial charge in [0, 0.05) is 36.3 Å². The number of hydrogen-bond donors (Lipinski definition) is 1. The molecule has 0 spiro atoms. The van der Waals surface area contributed by atoms with E-state index in [1.807, 2.05) is 43.6 Å². The van der Waals surface area contributed by atoms with Crippen molar-refractivity contribution in [2.24, 2.45) is 7.05 Å². The third-order valence-electron chi connectivity index (χ3n) is 3.97. The van der Waals surface area contributed by atoms with Crippen molar-refractivity contribution < 1.29 is 4.79 Å². The molecule has 0 radical (unpaired) electrons. The molecule has 3 heterocycles. The van der Waals surface area contributed by atoms with Gasteiger partial charge in [0.25, 0.3) is 0 Å². The summed E-state index contributed by atoms with van der Waals surface area (Å²) < 4.78 is 1.76. The number of pyridine rings is 1. The van der Waals surface area contributed by atoms with E-state index in [1.165, 1.54) is 0 Å². The second-order valence-electron chi connectivity index (χ2n) is 5.56. The second kappa shape index (κ2) is 5.65. The van der Waals surface area contributed by atoms with Gasteiger partial charge in [-0.2, -0.15) is 5.10 Å². The molecule has 0 atom stereocenters. The van der Waals surface area contributed by atoms with E-state index in [-0.39, 0.29) is 6.03 Å². The second-order valence-corrected chi connectivity index (χ2v) is 5.96. The van der Waals surface area contributed by atoms with Crippen LogP contribution >= 0.6 is 11.6 Å². The number of anilines is 2. The van der Waals surface area contributed by atoms with E-state index < -0.39 is 0 Å². The third-order valence-corrected chi connectivity index (χ3v) is 4.33. The number of benzene rings is 1. The summed E-state index contributed by atoms with van der Waals surface area (Å²) in [7, 11) is 1.88. The van der Waals surface area contributed by atoms with Crippen LogP contribution in [0.1, 0.15) is 5.56 Å². The maximum absolute atomic E-state index is 12.3. The normalized spacial score (nSPS) is 13.6. The SMILES string of the molecule is Cn1ccc(-c2ccc(N3Cc4c(Cl)ccnc4NC3=O)cc2)n1. The van der Waals surface area contributed by atoms with Crippen molar-refractivity contribution in [2.45, 2.75) is 6.54 Å². The molecule has 1 aliphatic rings. The summed E-state index contributed by atoms with van der Waals surface area (Å²) in [6, 6.07) is 11.2. The fraction of sp³-hybridized carbons (Fsp3) is 0.118. The molecular formula is C17H14ClN5O. The van der Waals surface area contributed by atoms with Gasteiger partial charge >= 0.3 is 6.03 Å². The number of aryl methyl sites for hydroxylation is 1. The highest BCUT2D eigenvalue weighted by Crippen LogP contribution is 2.31. The van der Waals surface area contributed by atoms with Gasteiger partial charge in [-0.25, -0.2) is 9.78 Å². The molecule has 4 rings (SSSR count). The molecule has 0 bridgehead atoms. The first-order valence-corrected chi connectivity index (χ1v) is 7.81. The quantitative estimate of drug-likeness (QED) is 0.774. The maximum Gasteiger partial charge on any atom is 0.327 e. The number of nitrogens with one attached hydrogen (secondary N) is 1. The summed E-state index contributed by atoms with van der Waals surface area (Å²) in [5.74, 6) is 0.522. The van der Waals surface area contributed by atoms with Crippen LogP contribution in [-0.4, -0.2) is 20.8 Å². The highest BCUT2D eigenvalue weighted by molar-refractivity contribution is 6.32. The van der Waals surface area contributed by atoms with Gasteiger partial charge < -0.3 is 0 Å². The van der Waals surface area contributed by atoms with Crippen molar-refractivity contribution in [3.05, 3.63) is 59.4 Å². The van der Waals surface area contributed by atoms with Crippen molar-refractivity contribution >= 4 is 29.1 Å². The largest absolute Gasteiger partial charge is 0.327 e. The van der Waals surface area contributed by atoms with Gasteiger partial charge in [-0.05, 0) is 24.3 Å². The number of nitrogens with zero attached hydrogens (tertiary/aromatic N) is 4. The Morgan fingerprint density at radius 2 is 1.96 bits per heavy atom. The molecule has 7 heteroatoms. The lowest BCUT2D eigenvalue weighted by Gasteiger charge is -2.29. The zero-order valence-corrected chi connectivity index (χ0v) is 13.7. The van der Waals surface area contributed by atoms with Crippen molar-refractivity contribution in [1.82, 2.24) is 14.8 Å². The number of aromatic nitrogens is 3. The lowest BCUT2D eigenvalue weighted by Crippen LogP contribution is -2.39. The molecule has 24 heavy (non-hydrogen) atoms. The minimum atomic E-state index is -0.220. The molecule has 1 aromatic carbocycles. The van der Waals surface area contributed by atoms with Crippen LogP contribution in [0.25, 0.3) is 11.3 Å². The average molecular weight is 340 g/mol. The van der Waals surface area contributed by atoms with E-state index >= 15 is 0 Å². The molecular weight excluding hydrogens is 326 g/mol. The summed E-state index contributed by atoms with van der Waals surface area (Å²) in [6.45, 7) is 0.386. The summed E-state index contributed by atoms with van der Waals surface area (Å²) >= 11 is 6.22. The number of urea groups is 1. The Hall–Kier alpha value is -2.86. The Kier molecular flexibility index (Phi) is 3.46. The van der Waals surface area contributed by atoms with Crippen LogP contribution in [0.2, 0.25) is 5.02 Å². The van der Waals surface area contributed by atoms with Crippen molar-refractivity contribution in [3.8, 4) is 11.3 Å². The predicted octanol–water partition coefficient (Wildman–Crippen LogP) is 3.69. The van der Waals surface area contributed by atoms with Gasteiger partial charge in [0.15, 0.2) is 0 Å². The van der Waals surface area contributed by atoms with E-state index in [2.05, 4.69) is 15.4 Å². The Labute approximate surface area is 143 Å². The van der Waals surface area contributed by atoms with Crippen LogP contribution in [0.3, 0.4) is 0 Å². The molecule has 0 unspecified atom stereocenters. The third kappa shape index (κ3) is 2.51. The van der Waals surface area contributed by atoms with Gasteiger partial charge in [0.05, 0.1) is 17.3 Å². The van der Waals surface area contributed by atoms with E-state index in [1.54, 1.807) is 21.8 Å². The van der Waals surface area contributed by atoms with Crippen molar-refractivity contribution in [2.75, 3.05) is 10.2 Å². The number of fused-ring (bicyclic) bond motifs is 1. The Balaban J connectivity index is 1.64. The van der Waals surface area contributed by atoms with E-state index in [4.69, 9.17) is 11.6 Å². The highest BCUT2D eigenvalue weighted by atomic mass is 35.5. The smallest absolute Gasteiger partial charge is 0.292 e. The number of rotatable bonds is 2. The molecule has 0 fully saturated rings. The zero-order valence-electron chi connectivity index (χ0n) is 12.9. The molecule has 6 nitrogen and oxygen atoms in total. The van der Waals surface area contributed by atoms with Gasteiger partial charge in [0.2, 0.25) is 0 Å². The summed E-state index contributed by atoms with van der Waals surface area (Å²) in [5.41, 5.74) is 3.49. The first kappa shape index (κ1) is 14.7. The lowest BCUT2D eigenvalue weighted by atomic mass is 10.1. The molecule has 0 saturated heterocycles. The Morgan fingerprint density at radius 3 is 2.67 bits per heavy atom. The molecule has 2 aromatic heterocycles. The van der Waals surface area contributed by atoms with Crippen molar-refractivity contribution in [1.29, 1.82) is 0 Å². The molecule has 0 saturated carbocycles. The summed E-state index contributed by atoms with van der Waals surface area (Å²) in [5, 5.41) is 7.74. The fourth-order valence-electron chi connectivity index (χ4n) is 2.72. The highest BCUT2D eigenvalue weighted by Gasteiger charge is 2.26. The zero-order chi connectivity index (χ0) is 16.7. The molecule has 3 aromatic rings. The molecule has 1 N–H and O–H groups in total. The number of carbonyl (C=O) groups is 1. The van der Waals surface area contributed by atoms with Crippen LogP contribution in [-0.2, 0) is 13.6 Å². The minimum Gasteiger partial charge on any atom is -0.292 e. The van der Waals surface area contributed by atoms with Gasteiger partial charge in [-0.3, -0.25) is 14.9 Å².